The van der Waals surface area contributed by atoms with Crippen LogP contribution in [0.15, 0.2) is 36.4 Å². The minimum absolute atomic E-state index is 0. The minimum Gasteiger partial charge on any atom is -1.00 e. The summed E-state index contributed by atoms with van der Waals surface area (Å²) in [6.07, 6.45) is 0. The molecule has 0 bridgehead atoms. The van der Waals surface area contributed by atoms with Crippen LogP contribution in [-0.2, 0) is 0 Å². The van der Waals surface area contributed by atoms with E-state index in [0.29, 0.717) is 0 Å². The summed E-state index contributed by atoms with van der Waals surface area (Å²) >= 11 is 1.78. The second-order valence-electron chi connectivity index (χ2n) is 4.69. The van der Waals surface area contributed by atoms with Crippen molar-refractivity contribution < 1.29 is 17.0 Å². The first kappa shape index (κ1) is 14.9. The molecule has 0 radical (unpaired) electrons. The SMILES string of the molecule is CNc1ccc2nc3ccc(=[N+](C)C)cc-3sc2c1.[Br-]. The van der Waals surface area contributed by atoms with Gasteiger partial charge in [0.15, 0.2) is 0 Å². The Labute approximate surface area is 132 Å². The van der Waals surface area contributed by atoms with Gasteiger partial charge in [0.1, 0.15) is 14.1 Å². The van der Waals surface area contributed by atoms with E-state index < -0.39 is 0 Å². The Morgan fingerprint density at radius 3 is 2.60 bits per heavy atom. The van der Waals surface area contributed by atoms with Crippen LogP contribution in [0.4, 0.5) is 5.69 Å². The Hall–Kier alpha value is -1.46. The van der Waals surface area contributed by atoms with Crippen LogP contribution < -0.4 is 32.2 Å². The molecule has 1 aliphatic heterocycles. The lowest BCUT2D eigenvalue weighted by molar-refractivity contribution is -0.00000383. The second kappa shape index (κ2) is 5.89. The molecule has 0 spiro atoms. The summed E-state index contributed by atoms with van der Waals surface area (Å²) in [5.74, 6) is 0. The third-order valence-corrected chi connectivity index (χ3v) is 4.26. The van der Waals surface area contributed by atoms with E-state index in [9.17, 15) is 0 Å². The lowest BCUT2D eigenvalue weighted by Crippen LogP contribution is -3.00. The molecule has 0 saturated heterocycles. The number of rotatable bonds is 1. The summed E-state index contributed by atoms with van der Waals surface area (Å²) in [5.41, 5.74) is 3.23. The molecule has 0 aromatic heterocycles. The highest BCUT2D eigenvalue weighted by Crippen LogP contribution is 2.30. The number of nitrogens with one attached hydrogen (secondary N) is 1. The van der Waals surface area contributed by atoms with Gasteiger partial charge in [0.05, 0.1) is 20.8 Å². The van der Waals surface area contributed by atoms with Gasteiger partial charge in [-0.1, -0.05) is 0 Å². The number of hydrogen-bond donors (Lipinski definition) is 1. The van der Waals surface area contributed by atoms with E-state index in [0.717, 1.165) is 16.9 Å². The smallest absolute Gasteiger partial charge is 0.201 e. The van der Waals surface area contributed by atoms with Gasteiger partial charge in [-0.2, -0.15) is 0 Å². The molecule has 1 aromatic carbocycles. The molecule has 3 rings (SSSR count). The van der Waals surface area contributed by atoms with Gasteiger partial charge in [0.25, 0.3) is 0 Å². The topological polar surface area (TPSA) is 27.9 Å². The molecular formula is C15H16BrN3S. The zero-order valence-electron chi connectivity index (χ0n) is 11.6. The number of hydrogen-bond acceptors (Lipinski definition) is 3. The highest BCUT2D eigenvalue weighted by Gasteiger charge is 2.08. The van der Waals surface area contributed by atoms with Crippen molar-refractivity contribution in [1.29, 1.82) is 0 Å². The predicted molar refractivity (Wildman–Crippen MR) is 82.9 cm³/mol. The first-order valence-corrected chi connectivity index (χ1v) is 7.02. The summed E-state index contributed by atoms with van der Waals surface area (Å²) in [5, 5.41) is 4.37. The van der Waals surface area contributed by atoms with Crippen LogP contribution in [-0.4, -0.2) is 26.1 Å². The maximum absolute atomic E-state index is 4.72. The number of fused-ring (bicyclic) bond motifs is 2. The molecule has 1 N–H and O–H groups in total. The average Bonchev–Trinajstić information content (AvgIpc) is 2.43. The van der Waals surface area contributed by atoms with Gasteiger partial charge in [-0.3, -0.25) is 0 Å². The van der Waals surface area contributed by atoms with Crippen LogP contribution >= 0.6 is 11.3 Å². The molecule has 0 saturated carbocycles. The number of anilines is 1. The fourth-order valence-electron chi connectivity index (χ4n) is 2.05. The van der Waals surface area contributed by atoms with E-state index >= 15 is 0 Å². The predicted octanol–water partition coefficient (Wildman–Crippen LogP) is -0.521. The lowest BCUT2D eigenvalue weighted by Gasteiger charge is -2.07. The summed E-state index contributed by atoms with van der Waals surface area (Å²) in [7, 11) is 6.04. The van der Waals surface area contributed by atoms with Crippen molar-refractivity contribution >= 4 is 27.2 Å². The zero-order valence-corrected chi connectivity index (χ0v) is 14.0. The van der Waals surface area contributed by atoms with Crippen molar-refractivity contribution in [2.75, 3.05) is 26.5 Å². The van der Waals surface area contributed by atoms with Crippen molar-refractivity contribution in [2.45, 2.75) is 0 Å². The molecule has 0 amide bonds. The molecule has 0 fully saturated rings. The van der Waals surface area contributed by atoms with Gasteiger partial charge in [-0.05, 0) is 24.3 Å². The Bertz CT molecular complexity index is 791. The highest BCUT2D eigenvalue weighted by molar-refractivity contribution is 7.21. The maximum atomic E-state index is 4.72. The van der Waals surface area contributed by atoms with E-state index in [4.69, 9.17) is 4.98 Å². The quantitative estimate of drug-likeness (QED) is 0.473. The molecule has 0 unspecified atom stereocenters. The van der Waals surface area contributed by atoms with Crippen molar-refractivity contribution in [3.63, 3.8) is 0 Å². The minimum atomic E-state index is 0. The van der Waals surface area contributed by atoms with E-state index in [1.807, 2.05) is 7.05 Å². The summed E-state index contributed by atoms with van der Waals surface area (Å²) in [6, 6.07) is 12.7. The fourth-order valence-corrected chi connectivity index (χ4v) is 3.09. The summed E-state index contributed by atoms with van der Waals surface area (Å²) < 4.78 is 3.32. The number of aromatic nitrogens is 1. The van der Waals surface area contributed by atoms with Gasteiger partial charge in [0.2, 0.25) is 5.36 Å². The van der Waals surface area contributed by atoms with Gasteiger partial charge >= 0.3 is 0 Å². The van der Waals surface area contributed by atoms with Crippen molar-refractivity contribution in [1.82, 2.24) is 9.56 Å². The van der Waals surface area contributed by atoms with Crippen molar-refractivity contribution in [3.05, 3.63) is 41.8 Å². The van der Waals surface area contributed by atoms with Crippen LogP contribution in [0.1, 0.15) is 0 Å². The van der Waals surface area contributed by atoms with Gasteiger partial charge in [-0.25, -0.2) is 9.56 Å². The lowest BCUT2D eigenvalue weighted by atomic mass is 10.2. The molecule has 1 aromatic rings. The Morgan fingerprint density at radius 2 is 1.90 bits per heavy atom. The van der Waals surface area contributed by atoms with E-state index in [-0.39, 0.29) is 17.0 Å². The molecule has 1 heterocycles. The Balaban J connectivity index is 0.00000147. The van der Waals surface area contributed by atoms with Crippen LogP contribution in [0.25, 0.3) is 20.8 Å². The average molecular weight is 350 g/mol. The highest BCUT2D eigenvalue weighted by atomic mass is 79.9. The van der Waals surface area contributed by atoms with Crippen LogP contribution in [0, 0.1) is 0 Å². The largest absolute Gasteiger partial charge is 1.00 e. The van der Waals surface area contributed by atoms with Crippen molar-refractivity contribution in [2.24, 2.45) is 0 Å². The van der Waals surface area contributed by atoms with Gasteiger partial charge in [-0.15, -0.1) is 11.3 Å². The molecule has 20 heavy (non-hydrogen) atoms. The third kappa shape index (κ3) is 2.69. The normalized spacial score (nSPS) is 10.3. The van der Waals surface area contributed by atoms with Crippen LogP contribution in [0.5, 0.6) is 0 Å². The summed E-state index contributed by atoms with van der Waals surface area (Å²) in [4.78, 5) is 5.93. The van der Waals surface area contributed by atoms with Crippen molar-refractivity contribution in [3.8, 4) is 10.6 Å². The van der Waals surface area contributed by atoms with Crippen LogP contribution in [0.3, 0.4) is 0 Å². The molecule has 104 valence electrons. The molecular weight excluding hydrogens is 334 g/mol. The Morgan fingerprint density at radius 1 is 1.10 bits per heavy atom. The standard InChI is InChI=1S/C15H15N3S.BrH/c1-16-10-4-6-12-14(8-10)19-15-9-11(18(2)3)5-7-13(15)17-12;/h4-9H,1-3H3;1H. The second-order valence-corrected chi connectivity index (χ2v) is 5.78. The monoisotopic (exact) mass is 349 g/mol. The number of benzene rings is 2. The molecule has 5 heteroatoms. The molecule has 2 aliphatic rings. The summed E-state index contributed by atoms with van der Waals surface area (Å²) in [6.45, 7) is 0. The first-order valence-electron chi connectivity index (χ1n) is 6.20. The number of halogens is 1. The fraction of sp³-hybridized carbons (Fsp3) is 0.200. The van der Waals surface area contributed by atoms with E-state index in [1.165, 1.54) is 14.9 Å². The van der Waals surface area contributed by atoms with Gasteiger partial charge in [0, 0.05) is 24.9 Å². The molecule has 1 aliphatic carbocycles. The number of nitrogens with zero attached hydrogens (tertiary/aromatic N) is 2. The zero-order chi connectivity index (χ0) is 13.4. The van der Waals surface area contributed by atoms with E-state index in [2.05, 4.69) is 60.4 Å². The maximum Gasteiger partial charge on any atom is 0.201 e. The van der Waals surface area contributed by atoms with E-state index in [1.54, 1.807) is 11.3 Å². The Kier molecular flexibility index (Phi) is 4.40. The third-order valence-electron chi connectivity index (χ3n) is 3.17. The first-order chi connectivity index (χ1) is 9.17. The molecule has 0 atom stereocenters. The molecule has 3 nitrogen and oxygen atoms in total. The van der Waals surface area contributed by atoms with Crippen LogP contribution in [0.2, 0.25) is 0 Å². The van der Waals surface area contributed by atoms with Gasteiger partial charge < -0.3 is 22.3 Å².